The first kappa shape index (κ1) is 23.0. The van der Waals surface area contributed by atoms with Crippen LogP contribution in [0, 0.1) is 5.82 Å². The van der Waals surface area contributed by atoms with Gasteiger partial charge in [-0.2, -0.15) is 0 Å². The number of benzene rings is 2. The average molecular weight is 467 g/mol. The van der Waals surface area contributed by atoms with Crippen molar-refractivity contribution >= 4 is 23.3 Å². The average Bonchev–Trinajstić information content (AvgIpc) is 3.32. The van der Waals surface area contributed by atoms with Crippen molar-refractivity contribution in [1.82, 2.24) is 9.88 Å². The first-order valence-electron chi connectivity index (χ1n) is 10.5. The molecule has 0 bridgehead atoms. The van der Waals surface area contributed by atoms with E-state index in [1.54, 1.807) is 19.2 Å². The second-order valence-electron chi connectivity index (χ2n) is 7.56. The normalized spacial score (nSPS) is 12.7. The number of carbonyl (C=O) groups excluding carboxylic acids is 3. The van der Waals surface area contributed by atoms with Gasteiger partial charge in [-0.05, 0) is 49.4 Å². The number of fused-ring (bicyclic) bond motifs is 1. The van der Waals surface area contributed by atoms with Gasteiger partial charge in [-0.3, -0.25) is 19.3 Å². The van der Waals surface area contributed by atoms with E-state index >= 15 is 0 Å². The molecular weight excluding hydrogens is 445 g/mol. The summed E-state index contributed by atoms with van der Waals surface area (Å²) in [5.74, 6) is -0.434. The molecule has 1 aliphatic heterocycles. The van der Waals surface area contributed by atoms with E-state index in [0.29, 0.717) is 29.3 Å². The number of ether oxygens (including phenoxy) is 2. The lowest BCUT2D eigenvalue weighted by Gasteiger charge is -2.28. The molecule has 10 heteroatoms. The highest BCUT2D eigenvalue weighted by Gasteiger charge is 2.28. The zero-order chi connectivity index (χ0) is 24.2. The number of aromatic nitrogens is 1. The van der Waals surface area contributed by atoms with Crippen LogP contribution >= 0.6 is 0 Å². The summed E-state index contributed by atoms with van der Waals surface area (Å²) in [6.07, 6.45) is 1.25. The smallest absolute Gasteiger partial charge is 0.275 e. The summed E-state index contributed by atoms with van der Waals surface area (Å²) in [5, 5.41) is 0. The van der Waals surface area contributed by atoms with Crippen LogP contribution in [0.5, 0.6) is 11.5 Å². The zero-order valence-corrected chi connectivity index (χ0v) is 18.6. The molecule has 1 aliphatic rings. The summed E-state index contributed by atoms with van der Waals surface area (Å²) in [6.45, 7) is 1.86. The second-order valence-corrected chi connectivity index (χ2v) is 7.56. The van der Waals surface area contributed by atoms with Crippen molar-refractivity contribution in [2.75, 3.05) is 31.7 Å². The van der Waals surface area contributed by atoms with Crippen molar-refractivity contribution in [2.45, 2.75) is 13.5 Å². The molecule has 0 atom stereocenters. The number of Topliss-reactive ketones (excluding diaryl/α,β-unsaturated/α-hetero) is 1. The number of hydrogen-bond donors (Lipinski definition) is 0. The van der Waals surface area contributed by atoms with E-state index < -0.39 is 5.82 Å². The van der Waals surface area contributed by atoms with Gasteiger partial charge in [0.1, 0.15) is 30.1 Å². The Labute approximate surface area is 194 Å². The molecule has 0 fully saturated rings. The fourth-order valence-electron chi connectivity index (χ4n) is 3.27. The van der Waals surface area contributed by atoms with E-state index in [-0.39, 0.29) is 48.9 Å². The molecule has 0 spiro atoms. The number of nitrogens with zero attached hydrogens (tertiary/aromatic N) is 3. The highest BCUT2D eigenvalue weighted by atomic mass is 19.1. The minimum absolute atomic E-state index is 0.0396. The number of amides is 2. The number of oxazole rings is 1. The van der Waals surface area contributed by atoms with Crippen LogP contribution in [0.3, 0.4) is 0 Å². The largest absolute Gasteiger partial charge is 0.485 e. The standard InChI is InChI=1S/C24H22FN3O6/c1-3-27(2)24(31)18-12-34-22(26-18)11-28-19-10-15(4-9-21(19)33-14-23(28)30)20(29)13-32-17-7-5-16(25)6-8-17/h4-10,12H,3,11,13-14H2,1-2H3. The Morgan fingerprint density at radius 2 is 1.97 bits per heavy atom. The number of rotatable bonds is 8. The quantitative estimate of drug-likeness (QED) is 0.469. The highest BCUT2D eigenvalue weighted by molar-refractivity contribution is 6.02. The van der Waals surface area contributed by atoms with Crippen LogP contribution in [0.4, 0.5) is 10.1 Å². The van der Waals surface area contributed by atoms with Crippen molar-refractivity contribution in [3.8, 4) is 11.5 Å². The number of anilines is 1. The molecule has 2 amide bonds. The molecule has 3 aromatic rings. The Kier molecular flexibility index (Phi) is 6.58. The molecule has 176 valence electrons. The van der Waals surface area contributed by atoms with Crippen molar-refractivity contribution in [1.29, 1.82) is 0 Å². The summed E-state index contributed by atoms with van der Waals surface area (Å²) < 4.78 is 29.4. The van der Waals surface area contributed by atoms with Gasteiger partial charge in [-0.1, -0.05) is 0 Å². The van der Waals surface area contributed by atoms with E-state index in [2.05, 4.69) is 4.98 Å². The number of hydrogen-bond acceptors (Lipinski definition) is 7. The Balaban J connectivity index is 1.51. The molecule has 0 saturated heterocycles. The molecule has 2 heterocycles. The molecule has 0 N–H and O–H groups in total. The monoisotopic (exact) mass is 467 g/mol. The van der Waals surface area contributed by atoms with Crippen LogP contribution in [0.2, 0.25) is 0 Å². The van der Waals surface area contributed by atoms with Gasteiger partial charge in [-0.15, -0.1) is 0 Å². The van der Waals surface area contributed by atoms with Crippen molar-refractivity contribution in [2.24, 2.45) is 0 Å². The molecule has 9 nitrogen and oxygen atoms in total. The molecule has 0 radical (unpaired) electrons. The third-order valence-corrected chi connectivity index (χ3v) is 5.29. The summed E-state index contributed by atoms with van der Waals surface area (Å²) in [7, 11) is 1.65. The number of halogens is 1. The lowest BCUT2D eigenvalue weighted by atomic mass is 10.1. The van der Waals surface area contributed by atoms with Gasteiger partial charge in [0.25, 0.3) is 11.8 Å². The van der Waals surface area contributed by atoms with E-state index in [1.165, 1.54) is 46.4 Å². The van der Waals surface area contributed by atoms with Crippen LogP contribution in [0.1, 0.15) is 33.7 Å². The maximum Gasteiger partial charge on any atom is 0.275 e. The minimum atomic E-state index is -0.405. The lowest BCUT2D eigenvalue weighted by molar-refractivity contribution is -0.121. The SMILES string of the molecule is CCN(C)C(=O)c1coc(CN2C(=O)COc3ccc(C(=O)COc4ccc(F)cc4)cc32)n1. The second kappa shape index (κ2) is 9.74. The van der Waals surface area contributed by atoms with Gasteiger partial charge < -0.3 is 18.8 Å². The number of ketones is 1. The molecule has 1 aromatic heterocycles. The van der Waals surface area contributed by atoms with E-state index in [1.807, 2.05) is 6.92 Å². The molecule has 2 aromatic carbocycles. The van der Waals surface area contributed by atoms with Crippen LogP contribution in [-0.2, 0) is 11.3 Å². The highest BCUT2D eigenvalue weighted by Crippen LogP contribution is 2.34. The Hall–Kier alpha value is -4.21. The van der Waals surface area contributed by atoms with E-state index in [9.17, 15) is 18.8 Å². The maximum absolute atomic E-state index is 13.0. The first-order chi connectivity index (χ1) is 16.4. The topological polar surface area (TPSA) is 102 Å². The molecule has 0 saturated carbocycles. The van der Waals surface area contributed by atoms with Gasteiger partial charge in [0.15, 0.2) is 24.7 Å². The fourth-order valence-corrected chi connectivity index (χ4v) is 3.27. The van der Waals surface area contributed by atoms with Crippen molar-refractivity contribution in [3.63, 3.8) is 0 Å². The Morgan fingerprint density at radius 1 is 1.21 bits per heavy atom. The molecule has 0 unspecified atom stereocenters. The number of carbonyl (C=O) groups is 3. The van der Waals surface area contributed by atoms with Gasteiger partial charge in [0, 0.05) is 19.2 Å². The summed E-state index contributed by atoms with van der Waals surface area (Å²) in [4.78, 5) is 44.6. The van der Waals surface area contributed by atoms with Crippen molar-refractivity contribution in [3.05, 3.63) is 71.7 Å². The molecule has 0 aliphatic carbocycles. The third-order valence-electron chi connectivity index (χ3n) is 5.29. The Morgan fingerprint density at radius 3 is 2.71 bits per heavy atom. The molecular formula is C24H22FN3O6. The van der Waals surface area contributed by atoms with Gasteiger partial charge in [-0.25, -0.2) is 9.37 Å². The minimum Gasteiger partial charge on any atom is -0.485 e. The third kappa shape index (κ3) is 4.90. The summed E-state index contributed by atoms with van der Waals surface area (Å²) in [5.41, 5.74) is 0.819. The van der Waals surface area contributed by atoms with Crippen molar-refractivity contribution < 1.29 is 32.7 Å². The maximum atomic E-state index is 13.0. The van der Waals surface area contributed by atoms with Crippen LogP contribution < -0.4 is 14.4 Å². The zero-order valence-electron chi connectivity index (χ0n) is 18.6. The van der Waals surface area contributed by atoms with Gasteiger partial charge in [0.2, 0.25) is 5.89 Å². The van der Waals surface area contributed by atoms with Crippen LogP contribution in [-0.4, -0.2) is 54.3 Å². The van der Waals surface area contributed by atoms with E-state index in [0.717, 1.165) is 0 Å². The van der Waals surface area contributed by atoms with Crippen LogP contribution in [0.15, 0.2) is 53.1 Å². The molecule has 4 rings (SSSR count). The first-order valence-corrected chi connectivity index (χ1v) is 10.5. The summed E-state index contributed by atoms with van der Waals surface area (Å²) >= 11 is 0. The van der Waals surface area contributed by atoms with Gasteiger partial charge >= 0.3 is 0 Å². The van der Waals surface area contributed by atoms with Crippen LogP contribution in [0.25, 0.3) is 0 Å². The predicted octanol–water partition coefficient (Wildman–Crippen LogP) is 3.09. The van der Waals surface area contributed by atoms with Gasteiger partial charge in [0.05, 0.1) is 5.69 Å². The predicted molar refractivity (Wildman–Crippen MR) is 118 cm³/mol. The van der Waals surface area contributed by atoms with E-state index in [4.69, 9.17) is 13.9 Å². The summed E-state index contributed by atoms with van der Waals surface area (Å²) in [6, 6.07) is 10.0. The molecule has 34 heavy (non-hydrogen) atoms. The fraction of sp³-hybridized carbons (Fsp3) is 0.250. The Bertz CT molecular complexity index is 1220. The lowest BCUT2D eigenvalue weighted by Crippen LogP contribution is -2.38.